The minimum absolute atomic E-state index is 0.0804. The fraction of sp³-hybridized carbons (Fsp3) is 0.467. The molecule has 21 heavy (non-hydrogen) atoms. The van der Waals surface area contributed by atoms with Crippen LogP contribution in [0.1, 0.15) is 33.1 Å². The number of carboxylic acids is 1. The van der Waals surface area contributed by atoms with Gasteiger partial charge in [0.05, 0.1) is 5.92 Å². The van der Waals surface area contributed by atoms with Crippen LogP contribution in [0.15, 0.2) is 18.2 Å². The Hall–Kier alpha value is -1.98. The zero-order valence-electron chi connectivity index (χ0n) is 12.1. The first-order valence-electron chi connectivity index (χ1n) is 6.85. The van der Waals surface area contributed by atoms with Crippen LogP contribution in [-0.4, -0.2) is 23.5 Å². The summed E-state index contributed by atoms with van der Waals surface area (Å²) in [6.07, 6.45) is 1.70. The summed E-state index contributed by atoms with van der Waals surface area (Å²) in [5.41, 5.74) is 0.170. The van der Waals surface area contributed by atoms with E-state index < -0.39 is 23.5 Å². The van der Waals surface area contributed by atoms with E-state index in [0.717, 1.165) is 18.6 Å². The second-order valence-corrected chi connectivity index (χ2v) is 4.95. The standard InChI is InChI=1S/C15H19F2NO3/c1-3-4-5-14(19)18(9-10(2)15(20)21)11-6-7-12(16)13(17)8-11/h6-8,10H,3-5,9H2,1-2H3,(H,20,21). The van der Waals surface area contributed by atoms with E-state index in [1.165, 1.54) is 17.9 Å². The quantitative estimate of drug-likeness (QED) is 0.841. The van der Waals surface area contributed by atoms with Gasteiger partial charge >= 0.3 is 5.97 Å². The number of benzene rings is 1. The molecule has 1 atom stereocenters. The monoisotopic (exact) mass is 299 g/mol. The van der Waals surface area contributed by atoms with E-state index in [1.807, 2.05) is 6.92 Å². The van der Waals surface area contributed by atoms with Crippen molar-refractivity contribution in [2.45, 2.75) is 33.1 Å². The lowest BCUT2D eigenvalue weighted by molar-refractivity contribution is -0.140. The molecule has 0 aromatic heterocycles. The Morgan fingerprint density at radius 2 is 1.95 bits per heavy atom. The number of rotatable bonds is 7. The summed E-state index contributed by atoms with van der Waals surface area (Å²) in [5, 5.41) is 8.96. The van der Waals surface area contributed by atoms with Crippen LogP contribution < -0.4 is 4.90 Å². The summed E-state index contributed by atoms with van der Waals surface area (Å²) in [6, 6.07) is 3.11. The largest absolute Gasteiger partial charge is 0.481 e. The molecule has 1 aromatic rings. The zero-order chi connectivity index (χ0) is 16.0. The molecule has 4 nitrogen and oxygen atoms in total. The van der Waals surface area contributed by atoms with Gasteiger partial charge in [0.2, 0.25) is 5.91 Å². The van der Waals surface area contributed by atoms with E-state index in [4.69, 9.17) is 5.11 Å². The smallest absolute Gasteiger partial charge is 0.308 e. The molecule has 0 saturated carbocycles. The highest BCUT2D eigenvalue weighted by Crippen LogP contribution is 2.21. The van der Waals surface area contributed by atoms with Crippen LogP contribution in [0.4, 0.5) is 14.5 Å². The van der Waals surface area contributed by atoms with Crippen LogP contribution >= 0.6 is 0 Å². The number of halogens is 2. The normalized spacial score (nSPS) is 12.0. The summed E-state index contributed by atoms with van der Waals surface area (Å²) in [5.74, 6) is -4.22. The molecule has 1 unspecified atom stereocenters. The third-order valence-corrected chi connectivity index (χ3v) is 3.14. The second-order valence-electron chi connectivity index (χ2n) is 4.95. The lowest BCUT2D eigenvalue weighted by Gasteiger charge is -2.25. The van der Waals surface area contributed by atoms with Gasteiger partial charge in [-0.15, -0.1) is 0 Å². The Balaban J connectivity index is 3.02. The predicted molar refractivity (Wildman–Crippen MR) is 75.0 cm³/mol. The molecule has 0 radical (unpaired) electrons. The molecule has 0 aliphatic heterocycles. The molecule has 1 aromatic carbocycles. The minimum atomic E-state index is -1.07. The van der Waals surface area contributed by atoms with E-state index in [2.05, 4.69) is 0 Å². The molecule has 1 N–H and O–H groups in total. The van der Waals surface area contributed by atoms with Crippen LogP contribution in [0.25, 0.3) is 0 Å². The number of aliphatic carboxylic acids is 1. The third kappa shape index (κ3) is 4.81. The van der Waals surface area contributed by atoms with E-state index in [1.54, 1.807) is 0 Å². The number of nitrogens with zero attached hydrogens (tertiary/aromatic N) is 1. The van der Waals surface area contributed by atoms with E-state index >= 15 is 0 Å². The zero-order valence-corrected chi connectivity index (χ0v) is 12.1. The van der Waals surface area contributed by atoms with Crippen molar-refractivity contribution in [3.05, 3.63) is 29.8 Å². The van der Waals surface area contributed by atoms with Gasteiger partial charge in [-0.05, 0) is 18.6 Å². The molecule has 0 aliphatic rings. The molecule has 1 amide bonds. The van der Waals surface area contributed by atoms with Crippen molar-refractivity contribution >= 4 is 17.6 Å². The molecular weight excluding hydrogens is 280 g/mol. The molecular formula is C15H19F2NO3. The SMILES string of the molecule is CCCCC(=O)N(CC(C)C(=O)O)c1ccc(F)c(F)c1. The van der Waals surface area contributed by atoms with Gasteiger partial charge in [0.15, 0.2) is 11.6 Å². The molecule has 6 heteroatoms. The Morgan fingerprint density at radius 1 is 1.29 bits per heavy atom. The lowest BCUT2D eigenvalue weighted by Crippen LogP contribution is -2.37. The van der Waals surface area contributed by atoms with E-state index in [-0.39, 0.29) is 24.6 Å². The molecule has 0 saturated heterocycles. The van der Waals surface area contributed by atoms with Gasteiger partial charge in [-0.25, -0.2) is 8.78 Å². The highest BCUT2D eigenvalue weighted by molar-refractivity contribution is 5.94. The van der Waals surface area contributed by atoms with Crippen LogP contribution in [0.5, 0.6) is 0 Å². The number of carboxylic acid groups (broad SMARTS) is 1. The van der Waals surface area contributed by atoms with Crippen LogP contribution in [0.2, 0.25) is 0 Å². The fourth-order valence-electron chi connectivity index (χ4n) is 1.82. The molecule has 1 rings (SSSR count). The summed E-state index contributed by atoms with van der Waals surface area (Å²) < 4.78 is 26.3. The van der Waals surface area contributed by atoms with Gasteiger partial charge in [0, 0.05) is 24.7 Å². The molecule has 0 spiro atoms. The van der Waals surface area contributed by atoms with Crippen molar-refractivity contribution < 1.29 is 23.5 Å². The van der Waals surface area contributed by atoms with E-state index in [0.29, 0.717) is 6.42 Å². The van der Waals surface area contributed by atoms with Crippen molar-refractivity contribution in [2.24, 2.45) is 5.92 Å². The fourth-order valence-corrected chi connectivity index (χ4v) is 1.82. The second kappa shape index (κ2) is 7.71. The number of unbranched alkanes of at least 4 members (excludes halogenated alkanes) is 1. The number of amides is 1. The number of hydrogen-bond acceptors (Lipinski definition) is 2. The van der Waals surface area contributed by atoms with Crippen LogP contribution in [0, 0.1) is 17.6 Å². The van der Waals surface area contributed by atoms with Gasteiger partial charge in [0.1, 0.15) is 0 Å². The van der Waals surface area contributed by atoms with Gasteiger partial charge < -0.3 is 10.0 Å². The maximum absolute atomic E-state index is 13.3. The number of carbonyl (C=O) groups excluding carboxylic acids is 1. The predicted octanol–water partition coefficient (Wildman–Crippen LogP) is 3.21. The first kappa shape index (κ1) is 17.1. The van der Waals surface area contributed by atoms with Crippen molar-refractivity contribution in [1.29, 1.82) is 0 Å². The highest BCUT2D eigenvalue weighted by atomic mass is 19.2. The van der Waals surface area contributed by atoms with Crippen molar-refractivity contribution in [1.82, 2.24) is 0 Å². The maximum atomic E-state index is 13.3. The Morgan fingerprint density at radius 3 is 2.48 bits per heavy atom. The average Bonchev–Trinajstić information content (AvgIpc) is 2.44. The molecule has 0 aliphatic carbocycles. The van der Waals surface area contributed by atoms with Crippen molar-refractivity contribution in [2.75, 3.05) is 11.4 Å². The van der Waals surface area contributed by atoms with Gasteiger partial charge in [-0.2, -0.15) is 0 Å². The first-order chi connectivity index (χ1) is 9.86. The molecule has 0 heterocycles. The topological polar surface area (TPSA) is 57.6 Å². The third-order valence-electron chi connectivity index (χ3n) is 3.14. The van der Waals surface area contributed by atoms with Gasteiger partial charge in [-0.3, -0.25) is 9.59 Å². The minimum Gasteiger partial charge on any atom is -0.481 e. The molecule has 0 fully saturated rings. The lowest BCUT2D eigenvalue weighted by atomic mass is 10.1. The summed E-state index contributed by atoms with van der Waals surface area (Å²) in [7, 11) is 0. The van der Waals surface area contributed by atoms with Crippen LogP contribution in [-0.2, 0) is 9.59 Å². The number of anilines is 1. The maximum Gasteiger partial charge on any atom is 0.308 e. The Bertz CT molecular complexity index is 520. The molecule has 116 valence electrons. The first-order valence-corrected chi connectivity index (χ1v) is 6.85. The number of hydrogen-bond donors (Lipinski definition) is 1. The van der Waals surface area contributed by atoms with Crippen molar-refractivity contribution in [3.63, 3.8) is 0 Å². The average molecular weight is 299 g/mol. The Labute approximate surface area is 122 Å². The van der Waals surface area contributed by atoms with Gasteiger partial charge in [0.25, 0.3) is 0 Å². The number of carbonyl (C=O) groups is 2. The molecule has 0 bridgehead atoms. The summed E-state index contributed by atoms with van der Waals surface area (Å²) in [6.45, 7) is 3.31. The van der Waals surface area contributed by atoms with Crippen molar-refractivity contribution in [3.8, 4) is 0 Å². The van der Waals surface area contributed by atoms with Crippen LogP contribution in [0.3, 0.4) is 0 Å². The Kier molecular flexibility index (Phi) is 6.27. The summed E-state index contributed by atoms with van der Waals surface area (Å²) >= 11 is 0. The van der Waals surface area contributed by atoms with Gasteiger partial charge in [-0.1, -0.05) is 20.3 Å². The highest BCUT2D eigenvalue weighted by Gasteiger charge is 2.22. The van der Waals surface area contributed by atoms with E-state index in [9.17, 15) is 18.4 Å². The summed E-state index contributed by atoms with van der Waals surface area (Å²) in [4.78, 5) is 24.3.